The average molecular weight is 448 g/mol. The molecule has 0 aliphatic carbocycles. The molecule has 5 nitrogen and oxygen atoms in total. The Kier molecular flexibility index (Phi) is 6.21. The van der Waals surface area contributed by atoms with Crippen molar-refractivity contribution >= 4 is 35.0 Å². The van der Waals surface area contributed by atoms with E-state index in [9.17, 15) is 9.59 Å². The molecular formula is C24H18ClN3O2S. The van der Waals surface area contributed by atoms with E-state index >= 15 is 0 Å². The fourth-order valence-electron chi connectivity index (χ4n) is 2.92. The van der Waals surface area contributed by atoms with Gasteiger partial charge in [-0.25, -0.2) is 0 Å². The predicted molar refractivity (Wildman–Crippen MR) is 125 cm³/mol. The van der Waals surface area contributed by atoms with Crippen molar-refractivity contribution in [2.45, 2.75) is 16.8 Å². The second kappa shape index (κ2) is 9.20. The highest BCUT2D eigenvalue weighted by atomic mass is 35.5. The number of hydrogen-bond donors (Lipinski definition) is 1. The Hall–Kier alpha value is -3.35. The van der Waals surface area contributed by atoms with Crippen LogP contribution in [-0.4, -0.2) is 15.7 Å². The fraction of sp³-hybridized carbons (Fsp3) is 0.0417. The van der Waals surface area contributed by atoms with Crippen LogP contribution in [0.3, 0.4) is 0 Å². The molecule has 1 aromatic heterocycles. The van der Waals surface area contributed by atoms with Crippen molar-refractivity contribution in [1.29, 1.82) is 0 Å². The summed E-state index contributed by atoms with van der Waals surface area (Å²) in [7, 11) is 0. The number of aryl methyl sites for hydroxylation is 1. The van der Waals surface area contributed by atoms with Crippen molar-refractivity contribution in [1.82, 2.24) is 9.78 Å². The number of nitrogens with one attached hydrogen (secondary N) is 1. The molecule has 1 amide bonds. The summed E-state index contributed by atoms with van der Waals surface area (Å²) in [6.45, 7) is 1.94. The number of carbonyl (C=O) groups is 1. The third-order valence-electron chi connectivity index (χ3n) is 4.58. The van der Waals surface area contributed by atoms with Crippen molar-refractivity contribution in [3.63, 3.8) is 0 Å². The van der Waals surface area contributed by atoms with Gasteiger partial charge in [0, 0.05) is 27.2 Å². The van der Waals surface area contributed by atoms with Gasteiger partial charge in [-0.15, -0.1) is 0 Å². The smallest absolute Gasteiger partial charge is 0.271 e. The van der Waals surface area contributed by atoms with Gasteiger partial charge in [-0.3, -0.25) is 9.59 Å². The Morgan fingerprint density at radius 1 is 0.935 bits per heavy atom. The molecule has 4 aromatic rings. The van der Waals surface area contributed by atoms with Crippen LogP contribution in [0.4, 0.5) is 5.69 Å². The highest BCUT2D eigenvalue weighted by Gasteiger charge is 2.10. The van der Waals surface area contributed by atoms with Gasteiger partial charge in [-0.05, 0) is 73.2 Å². The van der Waals surface area contributed by atoms with Crippen molar-refractivity contribution < 1.29 is 4.79 Å². The van der Waals surface area contributed by atoms with Crippen LogP contribution in [0.5, 0.6) is 0 Å². The first kappa shape index (κ1) is 20.9. The summed E-state index contributed by atoms with van der Waals surface area (Å²) >= 11 is 7.36. The van der Waals surface area contributed by atoms with Crippen LogP contribution in [0, 0.1) is 6.92 Å². The third kappa shape index (κ3) is 5.05. The first-order valence-corrected chi connectivity index (χ1v) is 10.7. The van der Waals surface area contributed by atoms with Gasteiger partial charge in [-0.2, -0.15) is 9.78 Å². The van der Waals surface area contributed by atoms with Crippen molar-refractivity contribution in [2.75, 3.05) is 5.32 Å². The number of aromatic nitrogens is 2. The van der Waals surface area contributed by atoms with Crippen LogP contribution in [0.15, 0.2) is 99.6 Å². The maximum absolute atomic E-state index is 12.6. The summed E-state index contributed by atoms with van der Waals surface area (Å²) in [4.78, 5) is 25.9. The van der Waals surface area contributed by atoms with E-state index in [0.29, 0.717) is 21.3 Å². The van der Waals surface area contributed by atoms with E-state index in [1.807, 2.05) is 43.3 Å². The number of benzene rings is 3. The zero-order chi connectivity index (χ0) is 21.8. The minimum absolute atomic E-state index is 0.215. The number of rotatable bonds is 5. The molecule has 0 unspecified atom stereocenters. The van der Waals surface area contributed by atoms with Gasteiger partial charge in [0.1, 0.15) is 5.03 Å². The van der Waals surface area contributed by atoms with Crippen molar-refractivity contribution in [2.24, 2.45) is 0 Å². The van der Waals surface area contributed by atoms with Crippen LogP contribution < -0.4 is 10.9 Å². The summed E-state index contributed by atoms with van der Waals surface area (Å²) in [5, 5.41) is 8.68. The second-order valence-electron chi connectivity index (χ2n) is 6.79. The molecule has 31 heavy (non-hydrogen) atoms. The number of nitrogens with zero attached hydrogens (tertiary/aromatic N) is 2. The molecule has 154 valence electrons. The lowest BCUT2D eigenvalue weighted by Crippen LogP contribution is -2.20. The van der Waals surface area contributed by atoms with E-state index in [-0.39, 0.29) is 11.5 Å². The first-order valence-electron chi connectivity index (χ1n) is 9.51. The quantitative estimate of drug-likeness (QED) is 0.432. The molecule has 0 aliphatic rings. The van der Waals surface area contributed by atoms with Crippen molar-refractivity contribution in [3.8, 4) is 5.69 Å². The number of amides is 1. The zero-order valence-corrected chi connectivity index (χ0v) is 18.2. The zero-order valence-electron chi connectivity index (χ0n) is 16.6. The lowest BCUT2D eigenvalue weighted by Gasteiger charge is -2.10. The molecule has 0 atom stereocenters. The van der Waals surface area contributed by atoms with Crippen LogP contribution in [0.1, 0.15) is 15.9 Å². The number of hydrogen-bond acceptors (Lipinski definition) is 4. The van der Waals surface area contributed by atoms with E-state index in [1.165, 1.54) is 22.5 Å². The minimum Gasteiger partial charge on any atom is -0.322 e. The normalized spacial score (nSPS) is 10.6. The molecule has 0 fully saturated rings. The molecule has 0 aliphatic heterocycles. The number of halogens is 1. The van der Waals surface area contributed by atoms with Crippen molar-refractivity contribution in [3.05, 3.63) is 111 Å². The maximum atomic E-state index is 12.6. The standard InChI is InChI=1S/C24H18ClN3O2S/c1-16-4-2-3-5-21(16)26-24(30)17-6-10-19(11-7-17)28-23(29)15-14-22(27-28)31-20-12-8-18(25)9-13-20/h2-15H,1H3,(H,26,30). The molecule has 4 rings (SSSR count). The summed E-state index contributed by atoms with van der Waals surface area (Å²) in [6.07, 6.45) is 0. The lowest BCUT2D eigenvalue weighted by molar-refractivity contribution is 0.102. The van der Waals surface area contributed by atoms with E-state index in [0.717, 1.165) is 16.1 Å². The predicted octanol–water partition coefficient (Wildman–Crippen LogP) is 5.60. The van der Waals surface area contributed by atoms with Gasteiger partial charge in [0.15, 0.2) is 0 Å². The monoisotopic (exact) mass is 447 g/mol. The Morgan fingerprint density at radius 2 is 1.65 bits per heavy atom. The van der Waals surface area contributed by atoms with Gasteiger partial charge >= 0.3 is 0 Å². The van der Waals surface area contributed by atoms with Gasteiger partial charge in [0.25, 0.3) is 11.5 Å². The van der Waals surface area contributed by atoms with E-state index in [2.05, 4.69) is 10.4 Å². The number of anilines is 1. The lowest BCUT2D eigenvalue weighted by atomic mass is 10.1. The van der Waals surface area contributed by atoms with Gasteiger partial charge < -0.3 is 5.32 Å². The highest BCUT2D eigenvalue weighted by molar-refractivity contribution is 7.99. The second-order valence-corrected chi connectivity index (χ2v) is 8.32. The number of carbonyl (C=O) groups excluding carboxylic acids is 1. The topological polar surface area (TPSA) is 64.0 Å². The molecule has 0 saturated carbocycles. The molecule has 3 aromatic carbocycles. The molecule has 0 saturated heterocycles. The largest absolute Gasteiger partial charge is 0.322 e. The van der Waals surface area contributed by atoms with E-state index in [1.54, 1.807) is 42.5 Å². The Balaban J connectivity index is 1.54. The molecule has 1 heterocycles. The third-order valence-corrected chi connectivity index (χ3v) is 5.77. The van der Waals surface area contributed by atoms with E-state index < -0.39 is 0 Å². The van der Waals surface area contributed by atoms with Crippen LogP contribution in [0.2, 0.25) is 5.02 Å². The van der Waals surface area contributed by atoms with Gasteiger partial charge in [-0.1, -0.05) is 41.6 Å². The molecule has 0 spiro atoms. The number of para-hydroxylation sites is 1. The first-order chi connectivity index (χ1) is 15.0. The highest BCUT2D eigenvalue weighted by Crippen LogP contribution is 2.26. The Labute approximate surface area is 188 Å². The summed E-state index contributed by atoms with van der Waals surface area (Å²) in [5.74, 6) is -0.215. The molecular weight excluding hydrogens is 430 g/mol. The van der Waals surface area contributed by atoms with E-state index in [4.69, 9.17) is 11.6 Å². The Morgan fingerprint density at radius 3 is 2.35 bits per heavy atom. The molecule has 0 bridgehead atoms. The van der Waals surface area contributed by atoms with Crippen LogP contribution in [-0.2, 0) is 0 Å². The van der Waals surface area contributed by atoms with Crippen LogP contribution in [0.25, 0.3) is 5.69 Å². The van der Waals surface area contributed by atoms with Gasteiger partial charge in [0.2, 0.25) is 0 Å². The van der Waals surface area contributed by atoms with Crippen LogP contribution >= 0.6 is 23.4 Å². The molecule has 1 N–H and O–H groups in total. The maximum Gasteiger partial charge on any atom is 0.271 e. The molecule has 0 radical (unpaired) electrons. The minimum atomic E-state index is -0.252. The van der Waals surface area contributed by atoms with Gasteiger partial charge in [0.05, 0.1) is 5.69 Å². The fourth-order valence-corrected chi connectivity index (χ4v) is 3.82. The summed E-state index contributed by atoms with van der Waals surface area (Å²) in [6, 6.07) is 24.9. The SMILES string of the molecule is Cc1ccccc1NC(=O)c1ccc(-n2nc(Sc3ccc(Cl)cc3)ccc2=O)cc1. The summed E-state index contributed by atoms with van der Waals surface area (Å²) in [5.41, 5.74) is 2.57. The Bertz CT molecular complexity index is 1290. The molecule has 7 heteroatoms. The summed E-state index contributed by atoms with van der Waals surface area (Å²) < 4.78 is 1.32. The average Bonchev–Trinajstić information content (AvgIpc) is 2.78.